The smallest absolute Gasteiger partial charge is 0.337 e. The summed E-state index contributed by atoms with van der Waals surface area (Å²) >= 11 is 8.89. The van der Waals surface area contributed by atoms with Crippen molar-refractivity contribution in [2.75, 3.05) is 6.61 Å². The molecule has 7 heteroatoms. The van der Waals surface area contributed by atoms with Crippen LogP contribution in [-0.4, -0.2) is 23.7 Å². The van der Waals surface area contributed by atoms with Crippen LogP contribution in [0.4, 0.5) is 4.39 Å². The van der Waals surface area contributed by atoms with Gasteiger partial charge in [-0.2, -0.15) is 0 Å². The summed E-state index contributed by atoms with van der Waals surface area (Å²) in [4.78, 5) is 22.5. The number of carbonyl (C=O) groups excluding carboxylic acids is 1. The van der Waals surface area contributed by atoms with Gasteiger partial charge in [0.05, 0.1) is 28.1 Å². The van der Waals surface area contributed by atoms with Crippen LogP contribution >= 0.6 is 27.5 Å². The van der Waals surface area contributed by atoms with Crippen molar-refractivity contribution in [1.82, 2.24) is 0 Å². The van der Waals surface area contributed by atoms with Crippen LogP contribution in [-0.2, 0) is 9.53 Å². The van der Waals surface area contributed by atoms with Gasteiger partial charge in [-0.25, -0.2) is 9.18 Å². The van der Waals surface area contributed by atoms with Gasteiger partial charge in [0.15, 0.2) is 0 Å². The van der Waals surface area contributed by atoms with E-state index in [1.165, 1.54) is 0 Å². The number of esters is 1. The zero-order valence-electron chi connectivity index (χ0n) is 10.9. The molecule has 0 aliphatic rings. The van der Waals surface area contributed by atoms with E-state index in [0.717, 1.165) is 6.07 Å². The minimum atomic E-state index is -1.26. The minimum absolute atomic E-state index is 0.00788. The van der Waals surface area contributed by atoms with Crippen molar-refractivity contribution >= 4 is 39.5 Å². The minimum Gasteiger partial charge on any atom is -0.478 e. The highest BCUT2D eigenvalue weighted by atomic mass is 79.9. The van der Waals surface area contributed by atoms with E-state index in [9.17, 15) is 14.0 Å². The van der Waals surface area contributed by atoms with Crippen molar-refractivity contribution in [1.29, 1.82) is 0 Å². The van der Waals surface area contributed by atoms with Gasteiger partial charge in [-0.3, -0.25) is 4.79 Å². The highest BCUT2D eigenvalue weighted by molar-refractivity contribution is 9.10. The van der Waals surface area contributed by atoms with Crippen LogP contribution in [0.15, 0.2) is 10.5 Å². The molecule has 20 heavy (non-hydrogen) atoms. The molecule has 110 valence electrons. The first-order valence-corrected chi connectivity index (χ1v) is 7.02. The molecule has 0 bridgehead atoms. The molecule has 4 nitrogen and oxygen atoms in total. The summed E-state index contributed by atoms with van der Waals surface area (Å²) < 4.78 is 18.9. The number of hydrogen-bond donors (Lipinski definition) is 1. The van der Waals surface area contributed by atoms with Gasteiger partial charge < -0.3 is 9.84 Å². The number of rotatable bonds is 5. The average Bonchev–Trinajstić information content (AvgIpc) is 2.33. The van der Waals surface area contributed by atoms with Gasteiger partial charge in [0.2, 0.25) is 0 Å². The molecule has 1 rings (SSSR count). The number of carboxylic acids is 1. The van der Waals surface area contributed by atoms with E-state index in [4.69, 9.17) is 21.4 Å². The van der Waals surface area contributed by atoms with Crippen LogP contribution in [0.25, 0.3) is 0 Å². The number of carboxylic acid groups (broad SMARTS) is 1. The molecule has 0 spiro atoms. The van der Waals surface area contributed by atoms with Gasteiger partial charge in [0, 0.05) is 5.56 Å². The summed E-state index contributed by atoms with van der Waals surface area (Å²) in [5, 5.41) is 8.83. The van der Waals surface area contributed by atoms with E-state index < -0.39 is 23.7 Å². The van der Waals surface area contributed by atoms with Gasteiger partial charge in [0.1, 0.15) is 5.82 Å². The number of carbonyl (C=O) groups is 2. The molecule has 1 atom stereocenters. The third kappa shape index (κ3) is 3.70. The Labute approximate surface area is 129 Å². The van der Waals surface area contributed by atoms with Gasteiger partial charge in [-0.15, -0.1) is 0 Å². The van der Waals surface area contributed by atoms with Crippen molar-refractivity contribution in [3.8, 4) is 0 Å². The fourth-order valence-corrected chi connectivity index (χ4v) is 2.63. The highest BCUT2D eigenvalue weighted by Crippen LogP contribution is 2.36. The Bertz CT molecular complexity index is 548. The third-order valence-corrected chi connectivity index (χ3v) is 3.68. The number of benzene rings is 1. The third-order valence-electron chi connectivity index (χ3n) is 2.69. The lowest BCUT2D eigenvalue weighted by Crippen LogP contribution is -2.12. The predicted molar refractivity (Wildman–Crippen MR) is 75.7 cm³/mol. The van der Waals surface area contributed by atoms with E-state index in [0.29, 0.717) is 0 Å². The van der Waals surface area contributed by atoms with Gasteiger partial charge >= 0.3 is 11.9 Å². The first-order valence-electron chi connectivity index (χ1n) is 5.85. The molecule has 0 heterocycles. The highest BCUT2D eigenvalue weighted by Gasteiger charge is 2.25. The second-order valence-corrected chi connectivity index (χ2v) is 5.40. The predicted octanol–water partition coefficient (Wildman–Crippen LogP) is 4.00. The Morgan fingerprint density at radius 3 is 2.65 bits per heavy atom. The molecule has 0 aliphatic carbocycles. The standard InChI is InChI=1S/C13H13BrClFO4/c1-3-20-9(17)4-6(2)10-11(15)7(13(18)19)5-8(14)12(10)16/h5-6H,3-4H2,1-2H3,(H,18,19)/t6-/m1/s1. The molecule has 1 aromatic rings. The molecular weight excluding hydrogens is 354 g/mol. The zero-order valence-corrected chi connectivity index (χ0v) is 13.2. The number of aromatic carboxylic acids is 1. The van der Waals surface area contributed by atoms with E-state index >= 15 is 0 Å². The second kappa shape index (κ2) is 7.04. The van der Waals surface area contributed by atoms with Crippen LogP contribution in [0.5, 0.6) is 0 Å². The van der Waals surface area contributed by atoms with Crippen LogP contribution < -0.4 is 0 Å². The molecule has 0 fully saturated rings. The lowest BCUT2D eigenvalue weighted by atomic mass is 9.95. The Morgan fingerprint density at radius 1 is 1.55 bits per heavy atom. The SMILES string of the molecule is CCOC(=O)C[C@@H](C)c1c(F)c(Br)cc(C(=O)O)c1Cl. The number of halogens is 3. The van der Waals surface area contributed by atoms with Crippen LogP contribution in [0, 0.1) is 5.82 Å². The number of hydrogen-bond acceptors (Lipinski definition) is 3. The van der Waals surface area contributed by atoms with E-state index in [2.05, 4.69) is 15.9 Å². The quantitative estimate of drug-likeness (QED) is 0.631. The molecule has 1 N–H and O–H groups in total. The molecule has 0 amide bonds. The molecule has 0 saturated heterocycles. The summed E-state index contributed by atoms with van der Waals surface area (Å²) in [5.74, 6) is -3.03. The second-order valence-electron chi connectivity index (χ2n) is 4.16. The summed E-state index contributed by atoms with van der Waals surface area (Å²) in [6.07, 6.45) is -0.0833. The van der Waals surface area contributed by atoms with Crippen molar-refractivity contribution in [2.24, 2.45) is 0 Å². The summed E-state index contributed by atoms with van der Waals surface area (Å²) in [7, 11) is 0. The zero-order chi connectivity index (χ0) is 15.4. The Balaban J connectivity index is 3.22. The molecule has 0 aromatic heterocycles. The molecule has 0 radical (unpaired) electrons. The van der Waals surface area contributed by atoms with Crippen molar-refractivity contribution in [3.63, 3.8) is 0 Å². The number of ether oxygens (including phenoxy) is 1. The molecular formula is C13H13BrClFO4. The van der Waals surface area contributed by atoms with Crippen molar-refractivity contribution in [3.05, 3.63) is 32.5 Å². The van der Waals surface area contributed by atoms with E-state index in [-0.39, 0.29) is 33.6 Å². The lowest BCUT2D eigenvalue weighted by molar-refractivity contribution is -0.143. The van der Waals surface area contributed by atoms with Crippen molar-refractivity contribution < 1.29 is 23.8 Å². The summed E-state index contributed by atoms with van der Waals surface area (Å²) in [5.41, 5.74) is -0.225. The molecule has 1 aromatic carbocycles. The molecule has 0 saturated carbocycles. The first kappa shape index (κ1) is 16.9. The summed E-state index contributed by atoms with van der Waals surface area (Å²) in [6.45, 7) is 3.47. The van der Waals surface area contributed by atoms with Crippen LogP contribution in [0.1, 0.15) is 42.1 Å². The Morgan fingerprint density at radius 2 is 2.15 bits per heavy atom. The van der Waals surface area contributed by atoms with Gasteiger partial charge in [-0.05, 0) is 34.8 Å². The van der Waals surface area contributed by atoms with Gasteiger partial charge in [-0.1, -0.05) is 18.5 Å². The van der Waals surface area contributed by atoms with E-state index in [1.807, 2.05) is 0 Å². The van der Waals surface area contributed by atoms with Crippen LogP contribution in [0.2, 0.25) is 5.02 Å². The topological polar surface area (TPSA) is 63.6 Å². The monoisotopic (exact) mass is 366 g/mol. The maximum absolute atomic E-state index is 14.1. The van der Waals surface area contributed by atoms with Crippen molar-refractivity contribution in [2.45, 2.75) is 26.2 Å². The fraction of sp³-hybridized carbons (Fsp3) is 0.385. The molecule has 0 unspecified atom stereocenters. The molecule has 0 aliphatic heterocycles. The Kier molecular flexibility index (Phi) is 5.95. The normalized spacial score (nSPS) is 12.1. The van der Waals surface area contributed by atoms with E-state index in [1.54, 1.807) is 13.8 Å². The van der Waals surface area contributed by atoms with Crippen LogP contribution in [0.3, 0.4) is 0 Å². The first-order chi connectivity index (χ1) is 9.29. The van der Waals surface area contributed by atoms with Gasteiger partial charge in [0.25, 0.3) is 0 Å². The maximum Gasteiger partial charge on any atom is 0.337 e. The fourth-order valence-electron chi connectivity index (χ4n) is 1.78. The Hall–Kier alpha value is -1.14. The maximum atomic E-state index is 14.1. The summed E-state index contributed by atoms with van der Waals surface area (Å²) in [6, 6.07) is 1.10. The lowest BCUT2D eigenvalue weighted by Gasteiger charge is -2.16. The largest absolute Gasteiger partial charge is 0.478 e. The average molecular weight is 368 g/mol.